The predicted molar refractivity (Wildman–Crippen MR) is 142 cm³/mol. The molecule has 3 heterocycles. The van der Waals surface area contributed by atoms with Gasteiger partial charge in [0.15, 0.2) is 5.54 Å². The molecule has 4 amide bonds. The lowest BCUT2D eigenvalue weighted by Gasteiger charge is -2.31. The average Bonchev–Trinajstić information content (AvgIpc) is 3.23. The average molecular weight is 519 g/mol. The van der Waals surface area contributed by atoms with E-state index in [1.54, 1.807) is 36.3 Å². The number of methoxy groups -OCH3 is 1. The first-order chi connectivity index (χ1) is 18.2. The van der Waals surface area contributed by atoms with Crippen LogP contribution in [0.1, 0.15) is 47.3 Å². The zero-order chi connectivity index (χ0) is 27.0. The van der Waals surface area contributed by atoms with E-state index < -0.39 is 17.5 Å². The van der Waals surface area contributed by atoms with E-state index in [1.807, 2.05) is 18.2 Å². The van der Waals surface area contributed by atoms with Crippen molar-refractivity contribution in [3.8, 4) is 5.75 Å². The number of rotatable bonds is 6. The number of ether oxygens (including phenoxy) is 1. The fourth-order valence-electron chi connectivity index (χ4n) is 5.55. The molecule has 10 nitrogen and oxygen atoms in total. The minimum Gasteiger partial charge on any atom is -0.497 e. The smallest absolute Gasteiger partial charge is 0.322 e. The summed E-state index contributed by atoms with van der Waals surface area (Å²) < 4.78 is 5.26. The van der Waals surface area contributed by atoms with Gasteiger partial charge in [-0.15, -0.1) is 0 Å². The van der Waals surface area contributed by atoms with Crippen molar-refractivity contribution in [1.29, 1.82) is 5.41 Å². The molecule has 2 saturated heterocycles. The molecule has 1 atom stereocenters. The summed E-state index contributed by atoms with van der Waals surface area (Å²) in [7, 11) is 1.54. The van der Waals surface area contributed by atoms with Crippen molar-refractivity contribution in [1.82, 2.24) is 25.3 Å². The molecule has 2 aromatic carbocycles. The third kappa shape index (κ3) is 4.60. The van der Waals surface area contributed by atoms with Crippen LogP contribution in [0.25, 0.3) is 0 Å². The number of carbonyl (C=O) groups is 3. The highest BCUT2D eigenvalue weighted by molar-refractivity contribution is 6.08. The van der Waals surface area contributed by atoms with Crippen LogP contribution in [0.4, 0.5) is 4.79 Å². The van der Waals surface area contributed by atoms with E-state index in [2.05, 4.69) is 34.3 Å². The van der Waals surface area contributed by atoms with Crippen molar-refractivity contribution in [2.24, 2.45) is 0 Å². The maximum absolute atomic E-state index is 13.2. The number of benzene rings is 2. The number of amidine groups is 1. The number of fused-ring (bicyclic) bond motifs is 1. The van der Waals surface area contributed by atoms with Crippen LogP contribution < -0.4 is 15.4 Å². The van der Waals surface area contributed by atoms with Gasteiger partial charge in [-0.05, 0) is 43.5 Å². The Balaban J connectivity index is 1.37. The molecule has 0 bridgehead atoms. The van der Waals surface area contributed by atoms with Crippen molar-refractivity contribution in [3.05, 3.63) is 64.7 Å². The molecule has 38 heavy (non-hydrogen) atoms. The third-order valence-corrected chi connectivity index (χ3v) is 7.79. The van der Waals surface area contributed by atoms with Gasteiger partial charge in [-0.2, -0.15) is 0 Å². The lowest BCUT2D eigenvalue weighted by atomic mass is 9.88. The zero-order valence-electron chi connectivity index (χ0n) is 22.0. The number of imide groups is 1. The Morgan fingerprint density at radius 2 is 1.82 bits per heavy atom. The van der Waals surface area contributed by atoms with E-state index in [0.29, 0.717) is 35.3 Å². The second-order valence-corrected chi connectivity index (χ2v) is 10.4. The molecular formula is C28H34N6O4. The van der Waals surface area contributed by atoms with E-state index in [-0.39, 0.29) is 12.5 Å². The lowest BCUT2D eigenvalue weighted by Crippen LogP contribution is -2.52. The second kappa shape index (κ2) is 10.1. The molecule has 200 valence electrons. The van der Waals surface area contributed by atoms with Gasteiger partial charge < -0.3 is 19.9 Å². The quantitative estimate of drug-likeness (QED) is 0.306. The number of amides is 4. The Morgan fingerprint density at radius 1 is 1.05 bits per heavy atom. The molecule has 3 aliphatic heterocycles. The summed E-state index contributed by atoms with van der Waals surface area (Å²) in [5.74, 6) is 0.297. The van der Waals surface area contributed by atoms with Gasteiger partial charge in [0, 0.05) is 49.9 Å². The Hall–Kier alpha value is -3.92. The van der Waals surface area contributed by atoms with Crippen LogP contribution in [0.15, 0.2) is 42.5 Å². The van der Waals surface area contributed by atoms with Crippen LogP contribution in [0.5, 0.6) is 5.75 Å². The minimum atomic E-state index is -1.43. The lowest BCUT2D eigenvalue weighted by molar-refractivity contribution is -0.124. The molecule has 2 fully saturated rings. The molecule has 0 saturated carbocycles. The van der Waals surface area contributed by atoms with E-state index in [4.69, 9.17) is 10.1 Å². The van der Waals surface area contributed by atoms with Gasteiger partial charge in [0.2, 0.25) is 0 Å². The number of carbonyl (C=O) groups excluding carboxylic acids is 3. The molecule has 0 radical (unpaired) electrons. The van der Waals surface area contributed by atoms with Crippen LogP contribution in [-0.4, -0.2) is 84.3 Å². The molecule has 0 unspecified atom stereocenters. The number of hydrogen-bond acceptors (Lipinski definition) is 6. The van der Waals surface area contributed by atoms with Gasteiger partial charge in [-0.1, -0.05) is 30.3 Å². The summed E-state index contributed by atoms with van der Waals surface area (Å²) in [6.45, 7) is 8.22. The maximum atomic E-state index is 13.2. The SMILES string of the molecule is COc1ccc2c(c1)C(=O)N(C[C@@]1(c3ccc(C(=N)N4CCCN(C(C)C)CC4)cc3)NC(=O)NC1=O)C2. The highest BCUT2D eigenvalue weighted by Crippen LogP contribution is 2.32. The van der Waals surface area contributed by atoms with Gasteiger partial charge in [0.25, 0.3) is 11.8 Å². The highest BCUT2D eigenvalue weighted by atomic mass is 16.5. The van der Waals surface area contributed by atoms with Crippen molar-refractivity contribution < 1.29 is 19.1 Å². The summed E-state index contributed by atoms with van der Waals surface area (Å²) >= 11 is 0. The van der Waals surface area contributed by atoms with Crippen molar-refractivity contribution in [2.75, 3.05) is 39.8 Å². The van der Waals surface area contributed by atoms with Crippen LogP contribution in [0, 0.1) is 5.41 Å². The monoisotopic (exact) mass is 518 g/mol. The molecule has 3 aliphatic rings. The normalized spacial score (nSPS) is 21.8. The summed E-state index contributed by atoms with van der Waals surface area (Å²) in [5, 5.41) is 13.9. The molecule has 10 heteroatoms. The van der Waals surface area contributed by atoms with Gasteiger partial charge in [0.1, 0.15) is 11.6 Å². The first-order valence-corrected chi connectivity index (χ1v) is 13.0. The van der Waals surface area contributed by atoms with E-state index >= 15 is 0 Å². The summed E-state index contributed by atoms with van der Waals surface area (Å²) in [4.78, 5) is 44.7. The van der Waals surface area contributed by atoms with Crippen LogP contribution in [0.2, 0.25) is 0 Å². The van der Waals surface area contributed by atoms with Crippen molar-refractivity contribution in [3.63, 3.8) is 0 Å². The Morgan fingerprint density at radius 3 is 2.47 bits per heavy atom. The van der Waals surface area contributed by atoms with E-state index in [1.165, 1.54) is 0 Å². The predicted octanol–water partition coefficient (Wildman–Crippen LogP) is 2.13. The molecule has 2 aromatic rings. The molecular weight excluding hydrogens is 484 g/mol. The third-order valence-electron chi connectivity index (χ3n) is 7.79. The second-order valence-electron chi connectivity index (χ2n) is 10.4. The van der Waals surface area contributed by atoms with Gasteiger partial charge in [-0.3, -0.25) is 25.2 Å². The molecule has 5 rings (SSSR count). The van der Waals surface area contributed by atoms with Crippen molar-refractivity contribution >= 4 is 23.7 Å². The van der Waals surface area contributed by atoms with E-state index in [0.717, 1.165) is 43.7 Å². The number of nitrogens with zero attached hydrogens (tertiary/aromatic N) is 3. The molecule has 0 spiro atoms. The Labute approximate surface area is 222 Å². The fraction of sp³-hybridized carbons (Fsp3) is 0.429. The molecule has 3 N–H and O–H groups in total. The zero-order valence-corrected chi connectivity index (χ0v) is 22.0. The topological polar surface area (TPSA) is 118 Å². The first kappa shape index (κ1) is 25.7. The van der Waals surface area contributed by atoms with E-state index in [9.17, 15) is 14.4 Å². The number of urea groups is 1. The minimum absolute atomic E-state index is 0.0195. The Bertz CT molecular complexity index is 1280. The van der Waals surface area contributed by atoms with Crippen molar-refractivity contribution in [2.45, 2.75) is 38.4 Å². The molecule has 0 aliphatic carbocycles. The molecule has 0 aromatic heterocycles. The number of hydrogen-bond donors (Lipinski definition) is 3. The van der Waals surface area contributed by atoms with Crippen LogP contribution in [-0.2, 0) is 16.9 Å². The van der Waals surface area contributed by atoms with Gasteiger partial charge in [0.05, 0.1) is 13.7 Å². The highest BCUT2D eigenvalue weighted by Gasteiger charge is 2.50. The summed E-state index contributed by atoms with van der Waals surface area (Å²) in [6, 6.07) is 12.4. The first-order valence-electron chi connectivity index (χ1n) is 13.0. The van der Waals surface area contributed by atoms with Gasteiger partial charge in [-0.25, -0.2) is 4.79 Å². The fourth-order valence-corrected chi connectivity index (χ4v) is 5.55. The number of nitrogens with one attached hydrogen (secondary N) is 3. The van der Waals surface area contributed by atoms with Crippen LogP contribution in [0.3, 0.4) is 0 Å². The standard InChI is InChI=1S/C28H34N6O4/c1-18(2)32-11-4-12-33(14-13-32)24(29)19-5-8-21(9-6-19)28(26(36)30-27(37)31-28)17-34-16-20-7-10-22(38-3)15-23(20)25(34)35/h5-10,15,18,29H,4,11-14,16-17H2,1-3H3,(H2,30,31,36,37)/t28-/m0/s1. The Kier molecular flexibility index (Phi) is 6.83. The summed E-state index contributed by atoms with van der Waals surface area (Å²) in [5.41, 5.74) is 1.23. The van der Waals surface area contributed by atoms with Crippen LogP contribution >= 0.6 is 0 Å². The largest absolute Gasteiger partial charge is 0.497 e. The summed E-state index contributed by atoms with van der Waals surface area (Å²) in [6.07, 6.45) is 0.992. The maximum Gasteiger partial charge on any atom is 0.322 e. The van der Waals surface area contributed by atoms with Gasteiger partial charge >= 0.3 is 6.03 Å².